The Bertz CT molecular complexity index is 943. The molecule has 7 nitrogen and oxygen atoms in total. The normalized spacial score (nSPS) is 14.9. The molecule has 0 bridgehead atoms. The van der Waals surface area contributed by atoms with E-state index in [4.69, 9.17) is 16.3 Å². The summed E-state index contributed by atoms with van der Waals surface area (Å²) in [5.41, 5.74) is 0.540. The van der Waals surface area contributed by atoms with Crippen molar-refractivity contribution in [3.05, 3.63) is 47.2 Å². The van der Waals surface area contributed by atoms with Gasteiger partial charge in [-0.15, -0.1) is 0 Å². The largest absolute Gasteiger partial charge is 0.492 e. The number of hydrogen-bond donors (Lipinski definition) is 1. The summed E-state index contributed by atoms with van der Waals surface area (Å²) in [5.74, 6) is -0.205. The van der Waals surface area contributed by atoms with Crippen molar-refractivity contribution in [1.82, 2.24) is 9.29 Å². The van der Waals surface area contributed by atoms with Crippen molar-refractivity contribution < 1.29 is 17.9 Å². The lowest BCUT2D eigenvalue weighted by atomic mass is 10.2. The lowest BCUT2D eigenvalue weighted by Crippen LogP contribution is -2.28. The Morgan fingerprint density at radius 1 is 1.30 bits per heavy atom. The van der Waals surface area contributed by atoms with Gasteiger partial charge in [0.25, 0.3) is 5.91 Å². The summed E-state index contributed by atoms with van der Waals surface area (Å²) in [5, 5.41) is 2.74. The van der Waals surface area contributed by atoms with Crippen molar-refractivity contribution in [3.8, 4) is 5.75 Å². The number of amides is 1. The number of sulfonamides is 1. The molecule has 1 aliphatic rings. The summed E-state index contributed by atoms with van der Waals surface area (Å²) in [6.07, 6.45) is 3.15. The lowest BCUT2D eigenvalue weighted by Gasteiger charge is -2.19. The van der Waals surface area contributed by atoms with Crippen molar-refractivity contribution in [3.63, 3.8) is 0 Å². The molecule has 1 saturated heterocycles. The second-order valence-electron chi connectivity index (χ2n) is 6.00. The molecule has 1 aromatic heterocycles. The predicted octanol–water partition coefficient (Wildman–Crippen LogP) is 3.17. The van der Waals surface area contributed by atoms with E-state index >= 15 is 0 Å². The van der Waals surface area contributed by atoms with Gasteiger partial charge in [-0.05, 0) is 50.1 Å². The topological polar surface area (TPSA) is 88.6 Å². The van der Waals surface area contributed by atoms with Crippen LogP contribution in [0, 0.1) is 0 Å². The number of benzene rings is 1. The zero-order valence-electron chi connectivity index (χ0n) is 14.8. The van der Waals surface area contributed by atoms with E-state index in [-0.39, 0.29) is 21.4 Å². The minimum absolute atomic E-state index is 0.0429. The first-order valence-electron chi connectivity index (χ1n) is 8.62. The highest BCUT2D eigenvalue weighted by atomic mass is 35.5. The van der Waals surface area contributed by atoms with Gasteiger partial charge in [0.2, 0.25) is 10.0 Å². The number of ether oxygens (including phenoxy) is 1. The Hall–Kier alpha value is -2.16. The molecule has 1 N–H and O–H groups in total. The summed E-state index contributed by atoms with van der Waals surface area (Å²) in [4.78, 5) is 16.4. The Morgan fingerprint density at radius 2 is 2.04 bits per heavy atom. The lowest BCUT2D eigenvalue weighted by molar-refractivity contribution is 0.102. The van der Waals surface area contributed by atoms with Gasteiger partial charge in [-0.1, -0.05) is 11.6 Å². The summed E-state index contributed by atoms with van der Waals surface area (Å²) >= 11 is 5.95. The van der Waals surface area contributed by atoms with Gasteiger partial charge >= 0.3 is 0 Å². The fourth-order valence-corrected chi connectivity index (χ4v) is 4.76. The Labute approximate surface area is 163 Å². The number of halogens is 1. The zero-order valence-corrected chi connectivity index (χ0v) is 16.4. The van der Waals surface area contributed by atoms with Crippen LogP contribution in [0.5, 0.6) is 5.75 Å². The SMILES string of the molecule is CCOc1ccc(NC(=O)c2cccnc2Cl)cc1S(=O)(=O)N1CCCC1. The van der Waals surface area contributed by atoms with E-state index in [2.05, 4.69) is 10.3 Å². The van der Waals surface area contributed by atoms with Crippen molar-refractivity contribution in [1.29, 1.82) is 0 Å². The predicted molar refractivity (Wildman–Crippen MR) is 103 cm³/mol. The molecule has 27 heavy (non-hydrogen) atoms. The number of carbonyl (C=O) groups is 1. The van der Waals surface area contributed by atoms with Gasteiger partial charge in [-0.2, -0.15) is 4.31 Å². The summed E-state index contributed by atoms with van der Waals surface area (Å²) < 4.78 is 32.9. The van der Waals surface area contributed by atoms with Gasteiger partial charge in [-0.3, -0.25) is 4.79 Å². The molecule has 0 aliphatic carbocycles. The van der Waals surface area contributed by atoms with Crippen LogP contribution in [-0.4, -0.2) is 43.3 Å². The average molecular weight is 410 g/mol. The summed E-state index contributed by atoms with van der Waals surface area (Å²) in [6, 6.07) is 7.70. The molecule has 1 aliphatic heterocycles. The van der Waals surface area contributed by atoms with E-state index in [1.54, 1.807) is 31.2 Å². The van der Waals surface area contributed by atoms with E-state index < -0.39 is 15.9 Å². The molecule has 0 spiro atoms. The maximum absolute atomic E-state index is 13.0. The zero-order chi connectivity index (χ0) is 19.4. The number of pyridine rings is 1. The van der Waals surface area contributed by atoms with Crippen molar-refractivity contribution >= 4 is 33.2 Å². The quantitative estimate of drug-likeness (QED) is 0.740. The number of aromatic nitrogens is 1. The fourth-order valence-electron chi connectivity index (χ4n) is 2.88. The van der Waals surface area contributed by atoms with Gasteiger partial charge in [0.05, 0.1) is 12.2 Å². The van der Waals surface area contributed by atoms with Crippen molar-refractivity contribution in [2.24, 2.45) is 0 Å². The molecule has 1 fully saturated rings. The molecular weight excluding hydrogens is 390 g/mol. The van der Waals surface area contributed by atoms with Gasteiger partial charge in [0.1, 0.15) is 15.8 Å². The fraction of sp³-hybridized carbons (Fsp3) is 0.333. The Kier molecular flexibility index (Phi) is 5.98. The van der Waals surface area contributed by atoms with Crippen molar-refractivity contribution in [2.45, 2.75) is 24.7 Å². The highest BCUT2D eigenvalue weighted by Gasteiger charge is 2.30. The van der Waals surface area contributed by atoms with Crippen LogP contribution < -0.4 is 10.1 Å². The van der Waals surface area contributed by atoms with Crippen LogP contribution in [0.3, 0.4) is 0 Å². The second-order valence-corrected chi connectivity index (χ2v) is 8.27. The number of anilines is 1. The first-order chi connectivity index (χ1) is 12.9. The molecule has 0 saturated carbocycles. The molecule has 144 valence electrons. The maximum atomic E-state index is 13.0. The van der Waals surface area contributed by atoms with E-state index in [0.29, 0.717) is 25.4 Å². The highest BCUT2D eigenvalue weighted by molar-refractivity contribution is 7.89. The molecule has 9 heteroatoms. The van der Waals surface area contributed by atoms with Gasteiger partial charge in [-0.25, -0.2) is 13.4 Å². The molecule has 0 radical (unpaired) electrons. The number of rotatable bonds is 6. The van der Waals surface area contributed by atoms with E-state index in [9.17, 15) is 13.2 Å². The van der Waals surface area contributed by atoms with E-state index in [1.165, 1.54) is 16.6 Å². The minimum Gasteiger partial charge on any atom is -0.492 e. The summed E-state index contributed by atoms with van der Waals surface area (Å²) in [7, 11) is -3.70. The van der Waals surface area contributed by atoms with Crippen LogP contribution in [-0.2, 0) is 10.0 Å². The number of carbonyl (C=O) groups excluding carboxylic acids is 1. The van der Waals surface area contributed by atoms with Crippen LogP contribution in [0.25, 0.3) is 0 Å². The molecule has 1 amide bonds. The average Bonchev–Trinajstić information content (AvgIpc) is 3.19. The van der Waals surface area contributed by atoms with Crippen LogP contribution >= 0.6 is 11.6 Å². The van der Waals surface area contributed by atoms with Gasteiger partial charge in [0.15, 0.2) is 0 Å². The molecule has 2 aromatic rings. The second kappa shape index (κ2) is 8.24. The van der Waals surface area contributed by atoms with Crippen molar-refractivity contribution in [2.75, 3.05) is 25.0 Å². The third-order valence-corrected chi connectivity index (χ3v) is 6.41. The molecule has 0 atom stereocenters. The third-order valence-electron chi connectivity index (χ3n) is 4.19. The van der Waals surface area contributed by atoms with Gasteiger partial charge < -0.3 is 10.1 Å². The van der Waals surface area contributed by atoms with E-state index in [0.717, 1.165) is 12.8 Å². The first kappa shape index (κ1) is 19.6. The molecule has 3 rings (SSSR count). The minimum atomic E-state index is -3.70. The standard InChI is InChI=1S/C18H20ClN3O4S/c1-2-26-15-8-7-13(21-18(23)14-6-5-9-20-17(14)19)12-16(15)27(24,25)22-10-3-4-11-22/h5-9,12H,2-4,10-11H2,1H3,(H,21,23). The summed E-state index contributed by atoms with van der Waals surface area (Å²) in [6.45, 7) is 3.08. The molecule has 2 heterocycles. The first-order valence-corrected chi connectivity index (χ1v) is 10.4. The maximum Gasteiger partial charge on any atom is 0.258 e. The Morgan fingerprint density at radius 3 is 2.70 bits per heavy atom. The van der Waals surface area contributed by atoms with Crippen LogP contribution in [0.2, 0.25) is 5.15 Å². The number of hydrogen-bond acceptors (Lipinski definition) is 5. The molecule has 1 aromatic carbocycles. The molecule has 0 unspecified atom stereocenters. The highest BCUT2D eigenvalue weighted by Crippen LogP contribution is 2.32. The number of nitrogens with zero attached hydrogens (tertiary/aromatic N) is 2. The van der Waals surface area contributed by atoms with Crippen LogP contribution in [0.1, 0.15) is 30.1 Å². The van der Waals surface area contributed by atoms with Crippen LogP contribution in [0.4, 0.5) is 5.69 Å². The van der Waals surface area contributed by atoms with E-state index in [1.807, 2.05) is 0 Å². The van der Waals surface area contributed by atoms with Crippen LogP contribution in [0.15, 0.2) is 41.4 Å². The monoisotopic (exact) mass is 409 g/mol. The smallest absolute Gasteiger partial charge is 0.258 e. The Balaban J connectivity index is 1.94. The molecular formula is C18H20ClN3O4S. The van der Waals surface area contributed by atoms with Gasteiger partial charge in [0, 0.05) is 25.0 Å². The third kappa shape index (κ3) is 4.23. The number of nitrogens with one attached hydrogen (secondary N) is 1.